The molecule has 2 saturated carbocycles. The zero-order valence-electron chi connectivity index (χ0n) is 18.8. The summed E-state index contributed by atoms with van der Waals surface area (Å²) >= 11 is 0. The van der Waals surface area contributed by atoms with Crippen LogP contribution >= 0.6 is 0 Å². The average Bonchev–Trinajstić information content (AvgIpc) is 3.37. The number of carbonyl (C=O) groups excluding carboxylic acids is 2. The molecule has 6 heteroatoms. The molecule has 1 aromatic heterocycles. The van der Waals surface area contributed by atoms with E-state index in [0.717, 1.165) is 37.2 Å². The number of urea groups is 1. The second-order valence-corrected chi connectivity index (χ2v) is 9.56. The van der Waals surface area contributed by atoms with Gasteiger partial charge >= 0.3 is 6.03 Å². The summed E-state index contributed by atoms with van der Waals surface area (Å²) in [6.07, 6.45) is 11.0. The molecule has 1 saturated heterocycles. The lowest BCUT2D eigenvalue weighted by Gasteiger charge is -2.35. The number of amides is 2. The van der Waals surface area contributed by atoms with Crippen molar-refractivity contribution in [2.45, 2.75) is 83.7 Å². The molecule has 2 aliphatic carbocycles. The molecule has 1 aromatic rings. The normalized spacial score (nSPS) is 21.9. The average molecular weight is 415 g/mol. The number of nitrogens with one attached hydrogen (secondary N) is 1. The number of piperazine rings is 1. The summed E-state index contributed by atoms with van der Waals surface area (Å²) < 4.78 is 2.40. The number of hydrogen-bond acceptors (Lipinski definition) is 3. The number of aromatic nitrogens is 1. The molecule has 0 radical (unpaired) electrons. The van der Waals surface area contributed by atoms with Crippen LogP contribution < -0.4 is 5.32 Å². The largest absolute Gasteiger partial charge is 0.345 e. The van der Waals surface area contributed by atoms with Gasteiger partial charge < -0.3 is 14.8 Å². The van der Waals surface area contributed by atoms with Crippen LogP contribution in [0.5, 0.6) is 0 Å². The third kappa shape index (κ3) is 4.74. The Balaban J connectivity index is 1.28. The third-order valence-corrected chi connectivity index (χ3v) is 7.43. The van der Waals surface area contributed by atoms with Gasteiger partial charge in [0.15, 0.2) is 5.78 Å². The number of ketones is 1. The van der Waals surface area contributed by atoms with E-state index in [1.54, 1.807) is 0 Å². The van der Waals surface area contributed by atoms with Gasteiger partial charge in [0.25, 0.3) is 0 Å². The first-order chi connectivity index (χ1) is 14.5. The predicted molar refractivity (Wildman–Crippen MR) is 119 cm³/mol. The molecule has 1 aliphatic heterocycles. The zero-order chi connectivity index (χ0) is 21.1. The maximum atomic E-state index is 13.0. The van der Waals surface area contributed by atoms with E-state index in [1.165, 1.54) is 50.6 Å². The first-order valence-corrected chi connectivity index (χ1v) is 12.0. The highest BCUT2D eigenvalue weighted by atomic mass is 16.2. The molecule has 6 nitrogen and oxygen atoms in total. The highest BCUT2D eigenvalue weighted by molar-refractivity contribution is 5.99. The van der Waals surface area contributed by atoms with Gasteiger partial charge in [-0.1, -0.05) is 32.1 Å². The molecule has 166 valence electrons. The maximum absolute atomic E-state index is 13.0. The minimum atomic E-state index is 0.0768. The Hall–Kier alpha value is -1.82. The van der Waals surface area contributed by atoms with Crippen molar-refractivity contribution in [2.75, 3.05) is 32.7 Å². The molecule has 0 spiro atoms. The van der Waals surface area contributed by atoms with Gasteiger partial charge in [0.1, 0.15) is 0 Å². The highest BCUT2D eigenvalue weighted by Gasteiger charge is 2.27. The highest BCUT2D eigenvalue weighted by Crippen LogP contribution is 2.33. The Bertz CT molecular complexity index is 752. The molecule has 0 atom stereocenters. The van der Waals surface area contributed by atoms with Crippen LogP contribution in [0, 0.1) is 13.8 Å². The van der Waals surface area contributed by atoms with Gasteiger partial charge in [-0.15, -0.1) is 0 Å². The van der Waals surface area contributed by atoms with Crippen LogP contribution in [0.25, 0.3) is 0 Å². The van der Waals surface area contributed by atoms with Crippen LogP contribution in [-0.4, -0.2) is 64.9 Å². The van der Waals surface area contributed by atoms with E-state index in [9.17, 15) is 9.59 Å². The van der Waals surface area contributed by atoms with Crippen LogP contribution in [0.4, 0.5) is 4.79 Å². The SMILES string of the molecule is Cc1cc(C(=O)CN2CCN(C(=O)NC3CCCCC3)CC2)c(C)n1C1CCCC1. The molecule has 3 fully saturated rings. The zero-order valence-corrected chi connectivity index (χ0v) is 18.8. The van der Waals surface area contributed by atoms with Crippen molar-refractivity contribution >= 4 is 11.8 Å². The molecule has 2 amide bonds. The Morgan fingerprint density at radius 2 is 1.57 bits per heavy atom. The molecule has 1 N–H and O–H groups in total. The minimum Gasteiger partial charge on any atom is -0.345 e. The van der Waals surface area contributed by atoms with Gasteiger partial charge in [-0.2, -0.15) is 0 Å². The van der Waals surface area contributed by atoms with Crippen LogP contribution in [0.1, 0.15) is 85.6 Å². The van der Waals surface area contributed by atoms with E-state index in [0.29, 0.717) is 31.7 Å². The summed E-state index contributed by atoms with van der Waals surface area (Å²) in [5, 5.41) is 3.21. The topological polar surface area (TPSA) is 57.6 Å². The molecule has 2 heterocycles. The summed E-state index contributed by atoms with van der Waals surface area (Å²) in [5.41, 5.74) is 3.23. The van der Waals surface area contributed by atoms with Crippen LogP contribution in [0.15, 0.2) is 6.07 Å². The third-order valence-electron chi connectivity index (χ3n) is 7.43. The second kappa shape index (κ2) is 9.54. The number of carbonyl (C=O) groups is 2. The van der Waals surface area contributed by atoms with Gasteiger partial charge in [-0.25, -0.2) is 4.79 Å². The Morgan fingerprint density at radius 3 is 2.23 bits per heavy atom. The van der Waals surface area contributed by atoms with Gasteiger partial charge in [0, 0.05) is 55.2 Å². The minimum absolute atomic E-state index is 0.0768. The van der Waals surface area contributed by atoms with Crippen molar-refractivity contribution in [1.82, 2.24) is 19.7 Å². The molecule has 3 aliphatic rings. The van der Waals surface area contributed by atoms with E-state index in [-0.39, 0.29) is 11.8 Å². The Kier molecular flexibility index (Phi) is 6.81. The lowest BCUT2D eigenvalue weighted by Crippen LogP contribution is -2.54. The number of Topliss-reactive ketones (excluding diaryl/α,β-unsaturated/α-hetero) is 1. The summed E-state index contributed by atoms with van der Waals surface area (Å²) in [6, 6.07) is 3.08. The van der Waals surface area contributed by atoms with Crippen molar-refractivity contribution in [3.63, 3.8) is 0 Å². The van der Waals surface area contributed by atoms with Gasteiger partial charge in [0.2, 0.25) is 0 Å². The molecule has 0 bridgehead atoms. The first kappa shape index (κ1) is 21.4. The monoisotopic (exact) mass is 414 g/mol. The molecule has 0 aromatic carbocycles. The molecule has 4 rings (SSSR count). The van der Waals surface area contributed by atoms with Crippen molar-refractivity contribution < 1.29 is 9.59 Å². The Labute approximate surface area is 181 Å². The van der Waals surface area contributed by atoms with Crippen molar-refractivity contribution in [3.05, 3.63) is 23.0 Å². The summed E-state index contributed by atoms with van der Waals surface area (Å²) in [4.78, 5) is 29.7. The second-order valence-electron chi connectivity index (χ2n) is 9.56. The standard InChI is InChI=1S/C24H38N4O2/c1-18-16-22(19(2)28(18)21-10-6-7-11-21)23(29)17-26-12-14-27(15-13-26)24(30)25-20-8-4-3-5-9-20/h16,20-21H,3-15,17H2,1-2H3,(H,25,30). The van der Waals surface area contributed by atoms with E-state index >= 15 is 0 Å². The Morgan fingerprint density at radius 1 is 0.933 bits per heavy atom. The van der Waals surface area contributed by atoms with Crippen LogP contribution in [-0.2, 0) is 0 Å². The quantitative estimate of drug-likeness (QED) is 0.739. The number of rotatable bonds is 5. The fraction of sp³-hybridized carbons (Fsp3) is 0.750. The van der Waals surface area contributed by atoms with Gasteiger partial charge in [-0.05, 0) is 45.6 Å². The smallest absolute Gasteiger partial charge is 0.317 e. The van der Waals surface area contributed by atoms with E-state index in [1.807, 2.05) is 4.90 Å². The predicted octanol–water partition coefficient (Wildman–Crippen LogP) is 4.06. The summed E-state index contributed by atoms with van der Waals surface area (Å²) in [5.74, 6) is 0.215. The van der Waals surface area contributed by atoms with E-state index < -0.39 is 0 Å². The summed E-state index contributed by atoms with van der Waals surface area (Å²) in [7, 11) is 0. The number of hydrogen-bond donors (Lipinski definition) is 1. The molecular formula is C24H38N4O2. The van der Waals surface area contributed by atoms with Crippen molar-refractivity contribution in [1.29, 1.82) is 0 Å². The van der Waals surface area contributed by atoms with Gasteiger partial charge in [0.05, 0.1) is 6.54 Å². The number of nitrogens with zero attached hydrogens (tertiary/aromatic N) is 3. The first-order valence-electron chi connectivity index (χ1n) is 12.0. The maximum Gasteiger partial charge on any atom is 0.317 e. The van der Waals surface area contributed by atoms with Crippen molar-refractivity contribution in [3.8, 4) is 0 Å². The molecule has 30 heavy (non-hydrogen) atoms. The van der Waals surface area contributed by atoms with Crippen LogP contribution in [0.3, 0.4) is 0 Å². The summed E-state index contributed by atoms with van der Waals surface area (Å²) in [6.45, 7) is 7.63. The van der Waals surface area contributed by atoms with Gasteiger partial charge in [-0.3, -0.25) is 9.69 Å². The van der Waals surface area contributed by atoms with E-state index in [2.05, 4.69) is 34.7 Å². The van der Waals surface area contributed by atoms with Crippen LogP contribution in [0.2, 0.25) is 0 Å². The van der Waals surface area contributed by atoms with E-state index in [4.69, 9.17) is 0 Å². The molecular weight excluding hydrogens is 376 g/mol. The van der Waals surface area contributed by atoms with Crippen molar-refractivity contribution in [2.24, 2.45) is 0 Å². The fourth-order valence-electron chi connectivity index (χ4n) is 5.69. The number of aryl methyl sites for hydroxylation is 1. The lowest BCUT2D eigenvalue weighted by atomic mass is 9.96. The lowest BCUT2D eigenvalue weighted by molar-refractivity contribution is 0.0875. The fourth-order valence-corrected chi connectivity index (χ4v) is 5.69. The molecule has 0 unspecified atom stereocenters.